The molecule has 2 atom stereocenters. The standard InChI is InChI=1S/2C17H19N3O3S.Mg/c2*1-10-8-18-15(11(2)16(10)23-4)9-24(21)17-19-13-6-5-12(22-3)7-14(13)20-17;/h2*5-8H,9H2,1-4H3,(H,19,20);/q;;+2. The van der Waals surface area contributed by atoms with Crippen LogP contribution in [0.4, 0.5) is 0 Å². The van der Waals surface area contributed by atoms with E-state index in [2.05, 4.69) is 29.9 Å². The maximum absolute atomic E-state index is 12.7. The van der Waals surface area contributed by atoms with Crippen LogP contribution in [-0.2, 0) is 33.1 Å². The van der Waals surface area contributed by atoms with E-state index in [1.807, 2.05) is 64.1 Å². The Morgan fingerprint density at radius 3 is 1.35 bits per heavy atom. The van der Waals surface area contributed by atoms with E-state index in [0.717, 1.165) is 78.7 Å². The molecular weight excluding hydrogens is 677 g/mol. The minimum absolute atomic E-state index is 0. The molecule has 49 heavy (non-hydrogen) atoms. The predicted octanol–water partition coefficient (Wildman–Crippen LogP) is 5.42. The van der Waals surface area contributed by atoms with Crippen molar-refractivity contribution in [2.24, 2.45) is 0 Å². The zero-order valence-corrected chi connectivity index (χ0v) is 31.8. The topological polar surface area (TPSA) is 154 Å². The summed E-state index contributed by atoms with van der Waals surface area (Å²) in [5.74, 6) is 3.57. The fraction of sp³-hybridized carbons (Fsp3) is 0.294. The third kappa shape index (κ3) is 8.40. The Balaban J connectivity index is 0.000000216. The van der Waals surface area contributed by atoms with Crippen molar-refractivity contribution < 1.29 is 27.4 Å². The first-order chi connectivity index (χ1) is 23.1. The van der Waals surface area contributed by atoms with E-state index in [-0.39, 0.29) is 34.6 Å². The molecule has 2 unspecified atom stereocenters. The second kappa shape index (κ2) is 16.6. The molecule has 0 aliphatic rings. The number of rotatable bonds is 10. The molecule has 4 heterocycles. The molecule has 6 rings (SSSR count). The summed E-state index contributed by atoms with van der Waals surface area (Å²) < 4.78 is 46.5. The summed E-state index contributed by atoms with van der Waals surface area (Å²) in [7, 11) is 3.81. The van der Waals surface area contributed by atoms with Gasteiger partial charge >= 0.3 is 23.1 Å². The van der Waals surface area contributed by atoms with Gasteiger partial charge in [-0.25, -0.2) is 9.97 Å². The molecule has 2 aromatic carbocycles. The van der Waals surface area contributed by atoms with Crippen LogP contribution in [0, 0.1) is 27.7 Å². The van der Waals surface area contributed by atoms with Gasteiger partial charge < -0.3 is 28.9 Å². The van der Waals surface area contributed by atoms with Crippen molar-refractivity contribution in [1.29, 1.82) is 0 Å². The molecule has 2 N–H and O–H groups in total. The summed E-state index contributed by atoms with van der Waals surface area (Å²) in [5.41, 5.74) is 8.32. The Morgan fingerprint density at radius 2 is 1.00 bits per heavy atom. The summed E-state index contributed by atoms with van der Waals surface area (Å²) in [5, 5.41) is 0.859. The molecule has 4 aromatic heterocycles. The number of nitrogens with zero attached hydrogens (tertiary/aromatic N) is 4. The maximum Gasteiger partial charge on any atom is 2.00 e. The van der Waals surface area contributed by atoms with Crippen molar-refractivity contribution >= 4 is 66.7 Å². The van der Waals surface area contributed by atoms with E-state index < -0.39 is 21.6 Å². The minimum atomic E-state index is -1.33. The average Bonchev–Trinajstić information content (AvgIpc) is 3.72. The summed E-state index contributed by atoms with van der Waals surface area (Å²) >= 11 is 0. The quantitative estimate of drug-likeness (QED) is 0.176. The number of fused-ring (bicyclic) bond motifs is 2. The van der Waals surface area contributed by atoms with E-state index in [0.29, 0.717) is 10.3 Å². The molecular formula is C34H38MgN6O6S2+2. The molecule has 0 spiro atoms. The maximum atomic E-state index is 12.7. The SMILES string of the molecule is COc1ccc2nc(S(=O)Cc3ncc(C)c(OC)c3C)[nH]c2c1.COc1ccc2nc(S(=O)Cc3ncc(C)c(OC)c3C)[nH]c2c1.[Mg+2]. The van der Waals surface area contributed by atoms with Crippen LogP contribution < -0.4 is 18.9 Å². The van der Waals surface area contributed by atoms with Gasteiger partial charge in [0, 0.05) is 46.8 Å². The van der Waals surface area contributed by atoms with Gasteiger partial charge in [0.1, 0.15) is 23.0 Å². The third-order valence-electron chi connectivity index (χ3n) is 7.80. The van der Waals surface area contributed by atoms with E-state index >= 15 is 0 Å². The predicted molar refractivity (Wildman–Crippen MR) is 192 cm³/mol. The second-order valence-corrected chi connectivity index (χ2v) is 13.7. The number of aromatic nitrogens is 6. The Morgan fingerprint density at radius 1 is 0.612 bits per heavy atom. The van der Waals surface area contributed by atoms with Crippen molar-refractivity contribution in [3.63, 3.8) is 0 Å². The van der Waals surface area contributed by atoms with Gasteiger partial charge in [-0.2, -0.15) is 0 Å². The van der Waals surface area contributed by atoms with E-state index in [1.54, 1.807) is 40.8 Å². The Bertz CT molecular complexity index is 2000. The number of benzene rings is 2. The van der Waals surface area contributed by atoms with Crippen LogP contribution in [0.25, 0.3) is 22.1 Å². The van der Waals surface area contributed by atoms with E-state index in [9.17, 15) is 8.42 Å². The number of ether oxygens (including phenoxy) is 4. The first-order valence-corrected chi connectivity index (χ1v) is 17.5. The van der Waals surface area contributed by atoms with E-state index in [4.69, 9.17) is 18.9 Å². The van der Waals surface area contributed by atoms with Gasteiger partial charge in [0.2, 0.25) is 0 Å². The van der Waals surface area contributed by atoms with Crippen molar-refractivity contribution in [3.05, 3.63) is 82.4 Å². The van der Waals surface area contributed by atoms with Crippen molar-refractivity contribution in [1.82, 2.24) is 29.9 Å². The van der Waals surface area contributed by atoms with Gasteiger partial charge in [0.25, 0.3) is 0 Å². The Kier molecular flexibility index (Phi) is 12.8. The number of nitrogens with one attached hydrogen (secondary N) is 2. The first-order valence-electron chi connectivity index (χ1n) is 14.9. The normalized spacial score (nSPS) is 12.1. The molecule has 0 saturated carbocycles. The Hall–Kier alpha value is -4.05. The number of hydrogen-bond donors (Lipinski definition) is 2. The molecule has 252 valence electrons. The monoisotopic (exact) mass is 714 g/mol. The van der Waals surface area contributed by atoms with Crippen LogP contribution in [0.2, 0.25) is 0 Å². The molecule has 12 nitrogen and oxygen atoms in total. The fourth-order valence-electron chi connectivity index (χ4n) is 5.22. The molecule has 0 amide bonds. The number of H-pyrrole nitrogens is 2. The summed E-state index contributed by atoms with van der Waals surface area (Å²) in [6.07, 6.45) is 3.48. The number of aromatic amines is 2. The number of pyridine rings is 2. The van der Waals surface area contributed by atoms with Gasteiger partial charge in [0.15, 0.2) is 10.3 Å². The number of aryl methyl sites for hydroxylation is 2. The van der Waals surface area contributed by atoms with Crippen molar-refractivity contribution in [2.75, 3.05) is 28.4 Å². The number of hydrogen-bond acceptors (Lipinski definition) is 10. The van der Waals surface area contributed by atoms with E-state index in [1.165, 1.54) is 0 Å². The van der Waals surface area contributed by atoms with Crippen molar-refractivity contribution in [2.45, 2.75) is 49.5 Å². The van der Waals surface area contributed by atoms with Gasteiger partial charge in [-0.15, -0.1) is 0 Å². The summed E-state index contributed by atoms with van der Waals surface area (Å²) in [6.45, 7) is 7.72. The fourth-order valence-corrected chi connectivity index (χ4v) is 7.42. The zero-order valence-electron chi connectivity index (χ0n) is 28.8. The van der Waals surface area contributed by atoms with Gasteiger partial charge in [-0.05, 0) is 52.0 Å². The minimum Gasteiger partial charge on any atom is -0.497 e. The summed E-state index contributed by atoms with van der Waals surface area (Å²) in [4.78, 5) is 23.8. The van der Waals surface area contributed by atoms with Gasteiger partial charge in [-0.1, -0.05) is 0 Å². The molecule has 0 saturated heterocycles. The zero-order chi connectivity index (χ0) is 34.5. The largest absolute Gasteiger partial charge is 2.00 e. The number of imidazole rings is 2. The first kappa shape index (κ1) is 37.8. The molecule has 0 radical (unpaired) electrons. The van der Waals surface area contributed by atoms with Crippen molar-refractivity contribution in [3.8, 4) is 23.0 Å². The van der Waals surface area contributed by atoms with Gasteiger partial charge in [0.05, 0.1) is 95.0 Å². The average molecular weight is 715 g/mol. The third-order valence-corrected chi connectivity index (χ3v) is 10.1. The molecule has 0 aliphatic heterocycles. The van der Waals surface area contributed by atoms with Gasteiger partial charge in [-0.3, -0.25) is 18.4 Å². The molecule has 15 heteroatoms. The Labute approximate surface area is 305 Å². The molecule has 0 fully saturated rings. The molecule has 6 aromatic rings. The second-order valence-electron chi connectivity index (χ2n) is 10.9. The van der Waals surface area contributed by atoms with Crippen LogP contribution in [-0.4, -0.2) is 89.8 Å². The molecule has 0 bridgehead atoms. The molecule has 0 aliphatic carbocycles. The number of methoxy groups -OCH3 is 4. The van der Waals surface area contributed by atoms with Crippen LogP contribution in [0.3, 0.4) is 0 Å². The van der Waals surface area contributed by atoms with Crippen LogP contribution >= 0.6 is 0 Å². The van der Waals surface area contributed by atoms with Crippen LogP contribution in [0.5, 0.6) is 23.0 Å². The van der Waals surface area contributed by atoms with Crippen LogP contribution in [0.15, 0.2) is 59.1 Å². The van der Waals surface area contributed by atoms with Crippen LogP contribution in [0.1, 0.15) is 33.6 Å². The summed E-state index contributed by atoms with van der Waals surface area (Å²) in [6, 6.07) is 11.0. The smallest absolute Gasteiger partial charge is 0.497 e.